The van der Waals surface area contributed by atoms with E-state index in [0.29, 0.717) is 17.6 Å². The van der Waals surface area contributed by atoms with Gasteiger partial charge in [0.05, 0.1) is 11.9 Å². The molecule has 5 rings (SSSR count). The summed E-state index contributed by atoms with van der Waals surface area (Å²) in [4.78, 5) is 25.5. The van der Waals surface area contributed by atoms with Crippen molar-refractivity contribution in [2.75, 3.05) is 12.3 Å². The van der Waals surface area contributed by atoms with E-state index in [9.17, 15) is 4.79 Å². The number of anilines is 1. The van der Waals surface area contributed by atoms with Crippen molar-refractivity contribution in [1.82, 2.24) is 14.9 Å². The van der Waals surface area contributed by atoms with Crippen LogP contribution in [0.2, 0.25) is 0 Å². The summed E-state index contributed by atoms with van der Waals surface area (Å²) in [5.74, 6) is 3.28. The molecule has 2 fully saturated rings. The Balaban J connectivity index is 1.34. The van der Waals surface area contributed by atoms with E-state index < -0.39 is 0 Å². The van der Waals surface area contributed by atoms with Crippen LogP contribution in [-0.4, -0.2) is 27.3 Å². The Hall–Kier alpha value is -1.69. The van der Waals surface area contributed by atoms with Gasteiger partial charge in [0.2, 0.25) is 5.91 Å². The van der Waals surface area contributed by atoms with Crippen molar-refractivity contribution >= 4 is 33.3 Å². The van der Waals surface area contributed by atoms with Gasteiger partial charge in [-0.25, -0.2) is 9.97 Å². The van der Waals surface area contributed by atoms with E-state index in [1.54, 1.807) is 11.3 Å². The molecule has 0 radical (unpaired) electrons. The fourth-order valence-corrected chi connectivity index (χ4v) is 6.36. The monoisotopic (exact) mass is 342 g/mol. The van der Waals surface area contributed by atoms with Gasteiger partial charge in [-0.05, 0) is 49.0 Å². The van der Waals surface area contributed by atoms with Gasteiger partial charge in [0.15, 0.2) is 0 Å². The van der Waals surface area contributed by atoms with Gasteiger partial charge in [0.1, 0.15) is 17.0 Å². The third kappa shape index (κ3) is 2.23. The number of thiophene rings is 1. The molecule has 24 heavy (non-hydrogen) atoms. The van der Waals surface area contributed by atoms with Gasteiger partial charge in [-0.1, -0.05) is 6.42 Å². The Bertz CT molecular complexity index is 817. The fourth-order valence-electron chi connectivity index (χ4n) is 5.14. The number of carbonyl (C=O) groups excluding carboxylic acids is 1. The minimum Gasteiger partial charge on any atom is -0.383 e. The third-order valence-corrected chi connectivity index (χ3v) is 7.47. The van der Waals surface area contributed by atoms with E-state index in [1.165, 1.54) is 42.5 Å². The topological polar surface area (TPSA) is 72.1 Å². The first-order valence-electron chi connectivity index (χ1n) is 8.97. The Morgan fingerprint density at radius 3 is 3.04 bits per heavy atom. The van der Waals surface area contributed by atoms with E-state index in [1.807, 2.05) is 4.90 Å². The second-order valence-electron chi connectivity index (χ2n) is 7.65. The van der Waals surface area contributed by atoms with Gasteiger partial charge in [-0.3, -0.25) is 4.79 Å². The number of hydrogen-bond acceptors (Lipinski definition) is 5. The van der Waals surface area contributed by atoms with Crippen molar-refractivity contribution in [2.45, 2.75) is 45.1 Å². The molecule has 3 aliphatic rings. The largest absolute Gasteiger partial charge is 0.383 e. The van der Waals surface area contributed by atoms with Crippen LogP contribution >= 0.6 is 11.3 Å². The lowest BCUT2D eigenvalue weighted by Gasteiger charge is -2.29. The highest BCUT2D eigenvalue weighted by atomic mass is 32.1. The summed E-state index contributed by atoms with van der Waals surface area (Å²) >= 11 is 1.66. The quantitative estimate of drug-likeness (QED) is 0.911. The summed E-state index contributed by atoms with van der Waals surface area (Å²) in [7, 11) is 0. The van der Waals surface area contributed by atoms with E-state index >= 15 is 0 Å². The van der Waals surface area contributed by atoms with Gasteiger partial charge < -0.3 is 10.6 Å². The van der Waals surface area contributed by atoms with Crippen molar-refractivity contribution in [3.63, 3.8) is 0 Å². The molecule has 0 spiro atoms. The minimum absolute atomic E-state index is 0.342. The van der Waals surface area contributed by atoms with Crippen LogP contribution in [0.15, 0.2) is 6.33 Å². The highest BCUT2D eigenvalue weighted by molar-refractivity contribution is 7.19. The molecule has 1 aliphatic heterocycles. The molecule has 0 saturated heterocycles. The predicted molar refractivity (Wildman–Crippen MR) is 94.5 cm³/mol. The normalized spacial score (nSPS) is 28.5. The van der Waals surface area contributed by atoms with Crippen LogP contribution < -0.4 is 5.73 Å². The lowest BCUT2D eigenvalue weighted by atomic mass is 9.86. The Kier molecular flexibility index (Phi) is 3.30. The second kappa shape index (κ2) is 5.41. The molecule has 6 heteroatoms. The van der Waals surface area contributed by atoms with Crippen LogP contribution in [0.1, 0.15) is 42.5 Å². The Labute approximate surface area is 145 Å². The SMILES string of the molecule is Nc1ncnc2sc3c(c12)CCN(C(=O)C[C@@H]1C[C@H]2CC[C@H]1C2)C3. The number of fused-ring (bicyclic) bond motifs is 5. The molecule has 0 unspecified atom stereocenters. The van der Waals surface area contributed by atoms with Crippen molar-refractivity contribution in [1.29, 1.82) is 0 Å². The van der Waals surface area contributed by atoms with Gasteiger partial charge in [-0.15, -0.1) is 11.3 Å². The summed E-state index contributed by atoms with van der Waals surface area (Å²) in [6, 6.07) is 0. The first-order valence-corrected chi connectivity index (χ1v) is 9.79. The fraction of sp³-hybridized carbons (Fsp3) is 0.611. The average molecular weight is 342 g/mol. The molecule has 1 amide bonds. The number of carbonyl (C=O) groups is 1. The molecule has 126 valence electrons. The standard InChI is InChI=1S/C18H22N4OS/c19-17-16-13-3-4-22(8-14(13)24-18(16)21-9-20-17)15(23)7-12-6-10-1-2-11(12)5-10/h9-12H,1-8H2,(H2,19,20,21)/t10-,11-,12-/m0/s1. The number of nitrogens with zero attached hydrogens (tertiary/aromatic N) is 3. The molecule has 2 aliphatic carbocycles. The molecule has 2 N–H and O–H groups in total. The van der Waals surface area contributed by atoms with Crippen LogP contribution in [0.4, 0.5) is 5.82 Å². The molecule has 3 heterocycles. The van der Waals surface area contributed by atoms with Gasteiger partial charge >= 0.3 is 0 Å². The number of rotatable bonds is 2. The summed E-state index contributed by atoms with van der Waals surface area (Å²) in [6.07, 6.45) is 8.55. The average Bonchev–Trinajstić information content (AvgIpc) is 3.27. The minimum atomic E-state index is 0.342. The Morgan fingerprint density at radius 1 is 1.33 bits per heavy atom. The smallest absolute Gasteiger partial charge is 0.223 e. The summed E-state index contributed by atoms with van der Waals surface area (Å²) < 4.78 is 0. The highest BCUT2D eigenvalue weighted by Gasteiger charge is 2.41. The lowest BCUT2D eigenvalue weighted by Crippen LogP contribution is -2.36. The van der Waals surface area contributed by atoms with E-state index in [0.717, 1.165) is 48.0 Å². The van der Waals surface area contributed by atoms with Crippen molar-refractivity contribution < 1.29 is 4.79 Å². The van der Waals surface area contributed by atoms with Gasteiger partial charge in [0.25, 0.3) is 0 Å². The van der Waals surface area contributed by atoms with Crippen LogP contribution in [-0.2, 0) is 17.8 Å². The van der Waals surface area contributed by atoms with Crippen molar-refractivity contribution in [2.24, 2.45) is 17.8 Å². The number of aromatic nitrogens is 2. The molecular weight excluding hydrogens is 320 g/mol. The first-order chi connectivity index (χ1) is 11.7. The number of nitrogen functional groups attached to an aromatic ring is 1. The van der Waals surface area contributed by atoms with E-state index in [4.69, 9.17) is 5.73 Å². The molecule has 2 saturated carbocycles. The summed E-state index contributed by atoms with van der Waals surface area (Å²) in [5.41, 5.74) is 7.30. The summed E-state index contributed by atoms with van der Waals surface area (Å²) in [6.45, 7) is 1.52. The maximum absolute atomic E-state index is 12.8. The molecule has 0 aromatic carbocycles. The molecule has 5 nitrogen and oxygen atoms in total. The molecular formula is C18H22N4OS. The van der Waals surface area contributed by atoms with Crippen LogP contribution in [0.25, 0.3) is 10.2 Å². The second-order valence-corrected chi connectivity index (χ2v) is 8.73. The van der Waals surface area contributed by atoms with E-state index in [2.05, 4.69) is 9.97 Å². The maximum Gasteiger partial charge on any atom is 0.223 e. The zero-order valence-electron chi connectivity index (χ0n) is 13.7. The van der Waals surface area contributed by atoms with Crippen LogP contribution in [0.5, 0.6) is 0 Å². The number of amides is 1. The first kappa shape index (κ1) is 14.6. The van der Waals surface area contributed by atoms with Crippen molar-refractivity contribution in [3.8, 4) is 0 Å². The Morgan fingerprint density at radius 2 is 2.25 bits per heavy atom. The highest BCUT2D eigenvalue weighted by Crippen LogP contribution is 2.49. The van der Waals surface area contributed by atoms with Crippen molar-refractivity contribution in [3.05, 3.63) is 16.8 Å². The molecule has 2 bridgehead atoms. The molecule has 2 aromatic heterocycles. The van der Waals surface area contributed by atoms with Gasteiger partial charge in [0, 0.05) is 17.8 Å². The van der Waals surface area contributed by atoms with E-state index in [-0.39, 0.29) is 0 Å². The summed E-state index contributed by atoms with van der Waals surface area (Å²) in [5, 5.41) is 1.01. The predicted octanol–water partition coefficient (Wildman–Crippen LogP) is 2.98. The van der Waals surface area contributed by atoms with Gasteiger partial charge in [-0.2, -0.15) is 0 Å². The number of hydrogen-bond donors (Lipinski definition) is 1. The van der Waals surface area contributed by atoms with Crippen LogP contribution in [0, 0.1) is 17.8 Å². The molecule has 2 aromatic rings. The van der Waals surface area contributed by atoms with Crippen LogP contribution in [0.3, 0.4) is 0 Å². The lowest BCUT2D eigenvalue weighted by molar-refractivity contribution is -0.133. The zero-order valence-corrected chi connectivity index (χ0v) is 14.5. The zero-order chi connectivity index (χ0) is 16.3. The number of nitrogens with two attached hydrogens (primary N) is 1. The third-order valence-electron chi connectivity index (χ3n) is 6.34. The maximum atomic E-state index is 12.8. The molecule has 3 atom stereocenters.